The maximum absolute atomic E-state index is 12.0. The molecule has 0 saturated carbocycles. The predicted octanol–water partition coefficient (Wildman–Crippen LogP) is 2.82. The number of nitrogens with zero attached hydrogens (tertiary/aromatic N) is 2. The van der Waals surface area contributed by atoms with Crippen molar-refractivity contribution in [3.05, 3.63) is 58.9 Å². The summed E-state index contributed by atoms with van der Waals surface area (Å²) in [5, 5.41) is 11.5. The van der Waals surface area contributed by atoms with E-state index in [0.29, 0.717) is 11.3 Å². The molecule has 0 bridgehead atoms. The third-order valence-electron chi connectivity index (χ3n) is 2.76. The molecule has 1 aromatic carbocycles. The van der Waals surface area contributed by atoms with Crippen molar-refractivity contribution >= 4 is 11.6 Å². The van der Waals surface area contributed by atoms with Gasteiger partial charge in [-0.25, -0.2) is 4.98 Å². The van der Waals surface area contributed by atoms with E-state index in [4.69, 9.17) is 5.26 Å². The molecule has 0 aliphatic heterocycles. The molecular weight excluding hydrogens is 238 g/mol. The summed E-state index contributed by atoms with van der Waals surface area (Å²) in [5.74, 6) is -0.281. The van der Waals surface area contributed by atoms with E-state index < -0.39 is 0 Å². The molecule has 0 fully saturated rings. The summed E-state index contributed by atoms with van der Waals surface area (Å²) in [6.45, 7) is 3.94. The van der Waals surface area contributed by atoms with Crippen molar-refractivity contribution in [3.8, 4) is 6.07 Å². The molecule has 94 valence electrons. The Hall–Kier alpha value is -2.67. The second-order valence-corrected chi connectivity index (χ2v) is 4.32. The number of amides is 1. The Balaban J connectivity index is 2.18. The van der Waals surface area contributed by atoms with Crippen molar-refractivity contribution < 1.29 is 4.79 Å². The van der Waals surface area contributed by atoms with Crippen molar-refractivity contribution in [2.45, 2.75) is 13.8 Å². The Morgan fingerprint density at radius 2 is 2.05 bits per heavy atom. The Kier molecular flexibility index (Phi) is 3.58. The van der Waals surface area contributed by atoms with Crippen molar-refractivity contribution in [3.63, 3.8) is 0 Å². The quantitative estimate of drug-likeness (QED) is 0.892. The van der Waals surface area contributed by atoms with Crippen LogP contribution in [0.1, 0.15) is 27.2 Å². The summed E-state index contributed by atoms with van der Waals surface area (Å²) in [7, 11) is 0. The summed E-state index contributed by atoms with van der Waals surface area (Å²) in [6, 6.07) is 10.9. The monoisotopic (exact) mass is 251 g/mol. The normalized spacial score (nSPS) is 9.74. The van der Waals surface area contributed by atoms with Crippen LogP contribution in [0, 0.1) is 25.2 Å². The number of pyridine rings is 1. The average molecular weight is 251 g/mol. The highest BCUT2D eigenvalue weighted by Crippen LogP contribution is 2.16. The zero-order valence-corrected chi connectivity index (χ0v) is 10.8. The lowest BCUT2D eigenvalue weighted by atomic mass is 10.1. The zero-order valence-electron chi connectivity index (χ0n) is 10.8. The van der Waals surface area contributed by atoms with Crippen molar-refractivity contribution in [1.82, 2.24) is 4.98 Å². The molecule has 1 N–H and O–H groups in total. The number of carbonyl (C=O) groups is 1. The highest BCUT2D eigenvalue weighted by molar-refractivity contribution is 6.03. The summed E-state index contributed by atoms with van der Waals surface area (Å²) in [5.41, 5.74) is 3.64. The number of rotatable bonds is 2. The highest BCUT2D eigenvalue weighted by atomic mass is 16.1. The molecule has 0 aliphatic rings. The molecule has 0 atom stereocenters. The third kappa shape index (κ3) is 2.96. The van der Waals surface area contributed by atoms with Gasteiger partial charge in [-0.05, 0) is 37.6 Å². The summed E-state index contributed by atoms with van der Waals surface area (Å²) >= 11 is 0. The Bertz CT molecular complexity index is 654. The van der Waals surface area contributed by atoms with E-state index in [2.05, 4.69) is 10.3 Å². The third-order valence-corrected chi connectivity index (χ3v) is 2.76. The maximum Gasteiger partial charge on any atom is 0.274 e. The molecule has 2 rings (SSSR count). The van der Waals surface area contributed by atoms with Gasteiger partial charge >= 0.3 is 0 Å². The Morgan fingerprint density at radius 1 is 1.26 bits per heavy atom. The number of aryl methyl sites for hydroxylation is 2. The van der Waals surface area contributed by atoms with Gasteiger partial charge in [0.15, 0.2) is 0 Å². The second-order valence-electron chi connectivity index (χ2n) is 4.32. The van der Waals surface area contributed by atoms with Crippen molar-refractivity contribution in [2.24, 2.45) is 0 Å². The van der Waals surface area contributed by atoms with Crippen LogP contribution in [0.2, 0.25) is 0 Å². The van der Waals surface area contributed by atoms with Gasteiger partial charge in [0.1, 0.15) is 11.8 Å². The lowest BCUT2D eigenvalue weighted by Crippen LogP contribution is -2.14. The molecule has 4 heteroatoms. The summed E-state index contributed by atoms with van der Waals surface area (Å²) in [6.07, 6.45) is 1.39. The average Bonchev–Trinajstić information content (AvgIpc) is 2.42. The van der Waals surface area contributed by atoms with Crippen LogP contribution in [-0.4, -0.2) is 10.9 Å². The van der Waals surface area contributed by atoms with Crippen LogP contribution < -0.4 is 5.32 Å². The van der Waals surface area contributed by atoms with E-state index in [-0.39, 0.29) is 5.91 Å². The summed E-state index contributed by atoms with van der Waals surface area (Å²) < 4.78 is 0. The maximum atomic E-state index is 12.0. The number of hydrogen-bond donors (Lipinski definition) is 1. The van der Waals surface area contributed by atoms with Gasteiger partial charge in [-0.2, -0.15) is 5.26 Å². The number of aromatic nitrogens is 1. The molecule has 0 spiro atoms. The van der Waals surface area contributed by atoms with Crippen LogP contribution in [0.5, 0.6) is 0 Å². The second kappa shape index (κ2) is 5.32. The van der Waals surface area contributed by atoms with Crippen molar-refractivity contribution in [1.29, 1.82) is 5.26 Å². The number of anilines is 1. The molecule has 1 amide bonds. The first-order chi connectivity index (χ1) is 9.10. The molecule has 0 radical (unpaired) electrons. The van der Waals surface area contributed by atoms with E-state index in [0.717, 1.165) is 16.8 Å². The number of carbonyl (C=O) groups excluding carboxylic acids is 1. The van der Waals surface area contributed by atoms with Crippen molar-refractivity contribution in [2.75, 3.05) is 5.32 Å². The molecule has 1 aromatic heterocycles. The molecule has 2 aromatic rings. The first-order valence-corrected chi connectivity index (χ1v) is 5.85. The lowest BCUT2D eigenvalue weighted by Gasteiger charge is -2.08. The fourth-order valence-electron chi connectivity index (χ4n) is 1.73. The molecule has 0 unspecified atom stereocenters. The van der Waals surface area contributed by atoms with E-state index in [1.54, 1.807) is 6.07 Å². The highest BCUT2D eigenvalue weighted by Gasteiger charge is 2.09. The molecular formula is C15H13N3O. The fraction of sp³-hybridized carbons (Fsp3) is 0.133. The molecule has 0 aliphatic carbocycles. The van der Waals surface area contributed by atoms with E-state index in [1.807, 2.05) is 38.1 Å². The van der Waals surface area contributed by atoms with E-state index in [1.165, 1.54) is 12.3 Å². The Labute approximate surface area is 111 Å². The number of hydrogen-bond acceptors (Lipinski definition) is 3. The van der Waals surface area contributed by atoms with Crippen LogP contribution in [0.4, 0.5) is 5.69 Å². The summed E-state index contributed by atoms with van der Waals surface area (Å²) in [4.78, 5) is 16.0. The molecule has 0 saturated heterocycles. The van der Waals surface area contributed by atoms with Crippen LogP contribution in [-0.2, 0) is 0 Å². The largest absolute Gasteiger partial charge is 0.320 e. The van der Waals surface area contributed by atoms with Crippen LogP contribution in [0.25, 0.3) is 0 Å². The Morgan fingerprint density at radius 3 is 2.63 bits per heavy atom. The number of nitriles is 1. The predicted molar refractivity (Wildman–Crippen MR) is 72.8 cm³/mol. The van der Waals surface area contributed by atoms with Gasteiger partial charge in [0.05, 0.1) is 5.56 Å². The SMILES string of the molecule is Cc1ccc(NC(=O)c2ccc(C#N)cn2)c(C)c1. The zero-order chi connectivity index (χ0) is 13.8. The minimum atomic E-state index is -0.281. The minimum absolute atomic E-state index is 0.281. The van der Waals surface area contributed by atoms with Crippen LogP contribution in [0.15, 0.2) is 36.5 Å². The van der Waals surface area contributed by atoms with Gasteiger partial charge in [0.25, 0.3) is 5.91 Å². The van der Waals surface area contributed by atoms with E-state index in [9.17, 15) is 4.79 Å². The van der Waals surface area contributed by atoms with E-state index >= 15 is 0 Å². The smallest absolute Gasteiger partial charge is 0.274 e. The van der Waals surface area contributed by atoms with Gasteiger partial charge in [0, 0.05) is 11.9 Å². The van der Waals surface area contributed by atoms with Gasteiger partial charge in [-0.3, -0.25) is 4.79 Å². The first kappa shape index (κ1) is 12.8. The van der Waals surface area contributed by atoms with Crippen LogP contribution in [0.3, 0.4) is 0 Å². The topological polar surface area (TPSA) is 65.8 Å². The number of nitrogens with one attached hydrogen (secondary N) is 1. The molecule has 4 nitrogen and oxygen atoms in total. The minimum Gasteiger partial charge on any atom is -0.320 e. The van der Waals surface area contributed by atoms with Gasteiger partial charge in [-0.1, -0.05) is 17.7 Å². The standard InChI is InChI=1S/C15H13N3O/c1-10-3-5-13(11(2)7-10)18-15(19)14-6-4-12(8-16)9-17-14/h3-7,9H,1-2H3,(H,18,19). The molecule has 19 heavy (non-hydrogen) atoms. The molecule has 1 heterocycles. The van der Waals surface area contributed by atoms with Gasteiger partial charge in [-0.15, -0.1) is 0 Å². The first-order valence-electron chi connectivity index (χ1n) is 5.85. The number of benzene rings is 1. The van der Waals surface area contributed by atoms with Crippen LogP contribution >= 0.6 is 0 Å². The van der Waals surface area contributed by atoms with Gasteiger partial charge in [0.2, 0.25) is 0 Å². The lowest BCUT2D eigenvalue weighted by molar-refractivity contribution is 0.102. The van der Waals surface area contributed by atoms with Gasteiger partial charge < -0.3 is 5.32 Å². The fourth-order valence-corrected chi connectivity index (χ4v) is 1.73.